The Balaban J connectivity index is 2.01. The van der Waals surface area contributed by atoms with Crippen LogP contribution < -0.4 is 4.74 Å². The van der Waals surface area contributed by atoms with Crippen molar-refractivity contribution in [3.8, 4) is 5.75 Å². The van der Waals surface area contributed by atoms with Crippen LogP contribution in [0.1, 0.15) is 50.0 Å². The van der Waals surface area contributed by atoms with Crippen LogP contribution in [0.4, 0.5) is 4.79 Å². The van der Waals surface area contributed by atoms with E-state index in [4.69, 9.17) is 14.2 Å². The lowest BCUT2D eigenvalue weighted by atomic mass is 10.1. The number of amides is 1. The van der Waals surface area contributed by atoms with E-state index in [9.17, 15) is 9.59 Å². The Morgan fingerprint density at radius 2 is 2.00 bits per heavy atom. The minimum Gasteiger partial charge on any atom is -0.488 e. The van der Waals surface area contributed by atoms with E-state index in [1.54, 1.807) is 23.1 Å². The summed E-state index contributed by atoms with van der Waals surface area (Å²) in [6.45, 7) is 8.67. The third-order valence-corrected chi connectivity index (χ3v) is 3.95. The molecule has 1 aromatic rings. The molecule has 25 heavy (non-hydrogen) atoms. The zero-order valence-corrected chi connectivity index (χ0v) is 15.6. The highest BCUT2D eigenvalue weighted by Crippen LogP contribution is 2.25. The molecular formula is C19H27NO5. The monoisotopic (exact) mass is 349 g/mol. The molecule has 138 valence electrons. The SMILES string of the molecule is CCc1cc(C(=O)OC)ccc1OC1CCN(C(=O)OC(C)(C)C)C1. The van der Waals surface area contributed by atoms with Crippen molar-refractivity contribution in [2.24, 2.45) is 0 Å². The van der Waals surface area contributed by atoms with Crippen molar-refractivity contribution in [2.75, 3.05) is 20.2 Å². The second-order valence-electron chi connectivity index (χ2n) is 7.12. The van der Waals surface area contributed by atoms with Gasteiger partial charge in [-0.1, -0.05) is 6.92 Å². The van der Waals surface area contributed by atoms with Crippen LogP contribution in [0.3, 0.4) is 0 Å². The molecule has 0 radical (unpaired) electrons. The lowest BCUT2D eigenvalue weighted by Gasteiger charge is -2.24. The second kappa shape index (κ2) is 7.76. The molecule has 1 fully saturated rings. The topological polar surface area (TPSA) is 65.1 Å². The lowest BCUT2D eigenvalue weighted by Crippen LogP contribution is -2.36. The summed E-state index contributed by atoms with van der Waals surface area (Å²) >= 11 is 0. The zero-order valence-electron chi connectivity index (χ0n) is 15.6. The number of rotatable bonds is 4. The molecule has 0 aliphatic carbocycles. The van der Waals surface area contributed by atoms with E-state index in [-0.39, 0.29) is 18.2 Å². The Morgan fingerprint density at radius 3 is 2.60 bits per heavy atom. The van der Waals surface area contributed by atoms with Gasteiger partial charge in [0.2, 0.25) is 0 Å². The molecule has 6 nitrogen and oxygen atoms in total. The standard InChI is InChI=1S/C19H27NO5/c1-6-13-11-14(17(21)23-5)7-8-16(13)24-15-9-10-20(12-15)18(22)25-19(2,3)4/h7-8,11,15H,6,9-10,12H2,1-5H3. The molecule has 0 spiro atoms. The van der Waals surface area contributed by atoms with E-state index in [2.05, 4.69) is 0 Å². The highest BCUT2D eigenvalue weighted by Gasteiger charge is 2.31. The van der Waals surface area contributed by atoms with Crippen LogP contribution in [0.25, 0.3) is 0 Å². The number of likely N-dealkylation sites (tertiary alicyclic amines) is 1. The number of carbonyl (C=O) groups is 2. The van der Waals surface area contributed by atoms with Gasteiger partial charge < -0.3 is 19.1 Å². The molecule has 0 saturated carbocycles. The molecule has 0 aromatic heterocycles. The van der Waals surface area contributed by atoms with E-state index in [0.717, 1.165) is 24.2 Å². The summed E-state index contributed by atoms with van der Waals surface area (Å²) in [6.07, 6.45) is 1.10. The number of aryl methyl sites for hydroxylation is 1. The highest BCUT2D eigenvalue weighted by molar-refractivity contribution is 5.89. The van der Waals surface area contributed by atoms with Gasteiger partial charge in [0.1, 0.15) is 17.5 Å². The number of hydrogen-bond donors (Lipinski definition) is 0. The molecule has 1 heterocycles. The Kier molecular flexibility index (Phi) is 5.93. The van der Waals surface area contributed by atoms with E-state index in [1.807, 2.05) is 27.7 Å². The molecule has 1 aliphatic rings. The van der Waals surface area contributed by atoms with Gasteiger partial charge in [-0.25, -0.2) is 9.59 Å². The molecule has 1 saturated heterocycles. The minimum absolute atomic E-state index is 0.0817. The maximum atomic E-state index is 12.1. The number of carbonyl (C=O) groups excluding carboxylic acids is 2. The lowest BCUT2D eigenvalue weighted by molar-refractivity contribution is 0.0275. The molecule has 1 unspecified atom stereocenters. The molecule has 6 heteroatoms. The number of methoxy groups -OCH3 is 1. The maximum absolute atomic E-state index is 12.1. The number of esters is 1. The Hall–Kier alpha value is -2.24. The fourth-order valence-corrected chi connectivity index (χ4v) is 2.71. The van der Waals surface area contributed by atoms with Crippen LogP contribution in [0.5, 0.6) is 5.75 Å². The minimum atomic E-state index is -0.505. The van der Waals surface area contributed by atoms with Crippen LogP contribution in [0.15, 0.2) is 18.2 Å². The van der Waals surface area contributed by atoms with Crippen LogP contribution in [0.2, 0.25) is 0 Å². The van der Waals surface area contributed by atoms with Crippen LogP contribution in [-0.4, -0.2) is 48.9 Å². The van der Waals surface area contributed by atoms with Crippen molar-refractivity contribution in [1.29, 1.82) is 0 Å². The summed E-state index contributed by atoms with van der Waals surface area (Å²) in [5.41, 5.74) is 0.946. The van der Waals surface area contributed by atoms with Gasteiger partial charge in [0.25, 0.3) is 0 Å². The maximum Gasteiger partial charge on any atom is 0.410 e. The Bertz CT molecular complexity index is 635. The summed E-state index contributed by atoms with van der Waals surface area (Å²) in [7, 11) is 1.36. The third-order valence-electron chi connectivity index (χ3n) is 3.95. The Morgan fingerprint density at radius 1 is 1.28 bits per heavy atom. The van der Waals surface area contributed by atoms with E-state index in [1.165, 1.54) is 7.11 Å². The van der Waals surface area contributed by atoms with Gasteiger partial charge in [0.05, 0.1) is 19.2 Å². The quantitative estimate of drug-likeness (QED) is 0.779. The summed E-state index contributed by atoms with van der Waals surface area (Å²) in [4.78, 5) is 25.5. The molecular weight excluding hydrogens is 322 g/mol. The fraction of sp³-hybridized carbons (Fsp3) is 0.579. The highest BCUT2D eigenvalue weighted by atomic mass is 16.6. The molecule has 1 aliphatic heterocycles. The summed E-state index contributed by atoms with van der Waals surface area (Å²) in [6, 6.07) is 5.28. The normalized spacial score (nSPS) is 17.3. The van der Waals surface area contributed by atoms with Crippen molar-refractivity contribution in [2.45, 2.75) is 52.2 Å². The molecule has 1 aromatic carbocycles. The van der Waals surface area contributed by atoms with Crippen molar-refractivity contribution in [1.82, 2.24) is 4.90 Å². The van der Waals surface area contributed by atoms with Gasteiger partial charge in [-0.3, -0.25) is 0 Å². The summed E-state index contributed by atoms with van der Waals surface area (Å²) < 4.78 is 16.2. The molecule has 2 rings (SSSR count). The van der Waals surface area contributed by atoms with Gasteiger partial charge >= 0.3 is 12.1 Å². The van der Waals surface area contributed by atoms with Gasteiger partial charge in [0.15, 0.2) is 0 Å². The van der Waals surface area contributed by atoms with E-state index < -0.39 is 5.60 Å². The summed E-state index contributed by atoms with van der Waals surface area (Å²) in [5.74, 6) is 0.379. The second-order valence-corrected chi connectivity index (χ2v) is 7.12. The number of benzene rings is 1. The summed E-state index contributed by atoms with van der Waals surface area (Å²) in [5, 5.41) is 0. The van der Waals surface area contributed by atoms with Crippen molar-refractivity contribution >= 4 is 12.1 Å². The van der Waals surface area contributed by atoms with Crippen molar-refractivity contribution in [3.05, 3.63) is 29.3 Å². The number of hydrogen-bond acceptors (Lipinski definition) is 5. The van der Waals surface area contributed by atoms with Gasteiger partial charge in [0, 0.05) is 13.0 Å². The zero-order chi connectivity index (χ0) is 18.6. The van der Waals surface area contributed by atoms with Crippen LogP contribution in [0, 0.1) is 0 Å². The molecule has 0 N–H and O–H groups in total. The van der Waals surface area contributed by atoms with Gasteiger partial charge in [-0.2, -0.15) is 0 Å². The molecule has 1 amide bonds. The van der Waals surface area contributed by atoms with E-state index >= 15 is 0 Å². The van der Waals surface area contributed by atoms with Crippen molar-refractivity contribution < 1.29 is 23.8 Å². The van der Waals surface area contributed by atoms with Crippen LogP contribution in [-0.2, 0) is 15.9 Å². The Labute approximate surface area is 149 Å². The molecule has 1 atom stereocenters. The van der Waals surface area contributed by atoms with Gasteiger partial charge in [-0.15, -0.1) is 0 Å². The average molecular weight is 349 g/mol. The van der Waals surface area contributed by atoms with Crippen LogP contribution >= 0.6 is 0 Å². The smallest absolute Gasteiger partial charge is 0.410 e. The first-order valence-electron chi connectivity index (χ1n) is 8.59. The van der Waals surface area contributed by atoms with E-state index in [0.29, 0.717) is 18.7 Å². The first-order valence-corrected chi connectivity index (χ1v) is 8.59. The first-order chi connectivity index (χ1) is 11.7. The van der Waals surface area contributed by atoms with Crippen molar-refractivity contribution in [3.63, 3.8) is 0 Å². The first kappa shape index (κ1) is 19.1. The predicted molar refractivity (Wildman–Crippen MR) is 94.0 cm³/mol. The number of nitrogens with zero attached hydrogens (tertiary/aromatic N) is 1. The number of ether oxygens (including phenoxy) is 3. The third kappa shape index (κ3) is 5.11. The fourth-order valence-electron chi connectivity index (χ4n) is 2.71. The molecule has 0 bridgehead atoms. The van der Waals surface area contributed by atoms with Gasteiger partial charge in [-0.05, 0) is 51.0 Å². The largest absolute Gasteiger partial charge is 0.488 e. The average Bonchev–Trinajstić information content (AvgIpc) is 3.01. The predicted octanol–water partition coefficient (Wildman–Crippen LogP) is 3.42.